The quantitative estimate of drug-likeness (QED) is 0.478. The Morgan fingerprint density at radius 1 is 1.25 bits per heavy atom. The average Bonchev–Trinajstić information content (AvgIpc) is 3.57. The molecule has 1 N–H and O–H groups in total. The van der Waals surface area contributed by atoms with Gasteiger partial charge in [0.25, 0.3) is 0 Å². The number of thiophene rings is 1. The van der Waals surface area contributed by atoms with E-state index in [0.29, 0.717) is 12.0 Å². The first-order valence-electron chi connectivity index (χ1n) is 11.5. The number of fused-ring (bicyclic) bond motifs is 1. The van der Waals surface area contributed by atoms with Crippen LogP contribution in [0.3, 0.4) is 0 Å². The number of hydrogen-bond donors (Lipinski definition) is 1. The molecule has 32 heavy (non-hydrogen) atoms. The molecule has 1 aromatic carbocycles. The monoisotopic (exact) mass is 448 g/mol. The SMILES string of the molecule is CN=C(NCC(c1ccccc1)N1CCc2sccc2C1)N1CCC(c2cnn(C)c2)C1. The molecule has 0 bridgehead atoms. The van der Waals surface area contributed by atoms with Gasteiger partial charge in [-0.25, -0.2) is 0 Å². The van der Waals surface area contributed by atoms with Crippen LogP contribution in [-0.2, 0) is 20.0 Å². The lowest BCUT2D eigenvalue weighted by molar-refractivity contribution is 0.180. The average molecular weight is 449 g/mol. The van der Waals surface area contributed by atoms with Crippen molar-refractivity contribution in [3.63, 3.8) is 0 Å². The van der Waals surface area contributed by atoms with Crippen molar-refractivity contribution in [3.05, 3.63) is 75.7 Å². The van der Waals surface area contributed by atoms with Gasteiger partial charge in [0.1, 0.15) is 0 Å². The van der Waals surface area contributed by atoms with Crippen molar-refractivity contribution in [2.24, 2.45) is 12.0 Å². The van der Waals surface area contributed by atoms with Crippen LogP contribution in [0.5, 0.6) is 0 Å². The topological polar surface area (TPSA) is 48.7 Å². The Hall–Kier alpha value is -2.64. The minimum atomic E-state index is 0.317. The van der Waals surface area contributed by atoms with Crippen LogP contribution in [0.4, 0.5) is 0 Å². The van der Waals surface area contributed by atoms with Gasteiger partial charge >= 0.3 is 0 Å². The highest BCUT2D eigenvalue weighted by atomic mass is 32.1. The van der Waals surface area contributed by atoms with Crippen molar-refractivity contribution < 1.29 is 0 Å². The Kier molecular flexibility index (Phi) is 6.28. The molecule has 0 amide bonds. The van der Waals surface area contributed by atoms with E-state index in [-0.39, 0.29) is 0 Å². The van der Waals surface area contributed by atoms with Gasteiger partial charge in [0.05, 0.1) is 12.2 Å². The fraction of sp³-hybridized carbons (Fsp3) is 0.440. The number of nitrogens with zero attached hydrogens (tertiary/aromatic N) is 5. The number of aliphatic imine (C=N–C) groups is 1. The number of benzene rings is 1. The van der Waals surface area contributed by atoms with Crippen LogP contribution in [0.25, 0.3) is 0 Å². The molecule has 6 nitrogen and oxygen atoms in total. The van der Waals surface area contributed by atoms with Gasteiger partial charge in [-0.3, -0.25) is 14.6 Å². The molecule has 3 aromatic rings. The van der Waals surface area contributed by atoms with E-state index in [2.05, 4.69) is 73.2 Å². The maximum Gasteiger partial charge on any atom is 0.193 e. The van der Waals surface area contributed by atoms with E-state index in [9.17, 15) is 0 Å². The van der Waals surface area contributed by atoms with E-state index >= 15 is 0 Å². The number of likely N-dealkylation sites (tertiary alicyclic amines) is 1. The normalized spacial score (nSPS) is 20.4. The van der Waals surface area contributed by atoms with Crippen LogP contribution in [0, 0.1) is 0 Å². The number of guanidine groups is 1. The molecule has 4 heterocycles. The highest BCUT2D eigenvalue weighted by molar-refractivity contribution is 7.10. The van der Waals surface area contributed by atoms with Gasteiger partial charge in [-0.05, 0) is 41.0 Å². The molecule has 1 saturated heterocycles. The van der Waals surface area contributed by atoms with Crippen LogP contribution >= 0.6 is 11.3 Å². The Morgan fingerprint density at radius 2 is 2.12 bits per heavy atom. The highest BCUT2D eigenvalue weighted by Gasteiger charge is 2.29. The first-order valence-corrected chi connectivity index (χ1v) is 12.4. The number of hydrogen-bond acceptors (Lipinski definition) is 4. The van der Waals surface area contributed by atoms with Gasteiger partial charge in [0.15, 0.2) is 5.96 Å². The number of rotatable bonds is 5. The second-order valence-electron chi connectivity index (χ2n) is 8.82. The van der Waals surface area contributed by atoms with Crippen molar-refractivity contribution in [2.45, 2.75) is 31.3 Å². The largest absolute Gasteiger partial charge is 0.354 e. The lowest BCUT2D eigenvalue weighted by Gasteiger charge is -2.36. The summed E-state index contributed by atoms with van der Waals surface area (Å²) in [6.07, 6.45) is 6.43. The van der Waals surface area contributed by atoms with Gasteiger partial charge < -0.3 is 10.2 Å². The molecule has 1 fully saturated rings. The zero-order valence-corrected chi connectivity index (χ0v) is 19.8. The predicted molar refractivity (Wildman–Crippen MR) is 131 cm³/mol. The maximum atomic E-state index is 4.64. The van der Waals surface area contributed by atoms with E-state index in [4.69, 9.17) is 0 Å². The van der Waals surface area contributed by atoms with Crippen LogP contribution < -0.4 is 5.32 Å². The van der Waals surface area contributed by atoms with Crippen molar-refractivity contribution in [2.75, 3.05) is 33.2 Å². The molecule has 2 unspecified atom stereocenters. The lowest BCUT2D eigenvalue weighted by atomic mass is 10.0. The molecular weight excluding hydrogens is 416 g/mol. The molecule has 5 rings (SSSR count). The molecule has 2 aliphatic rings. The second-order valence-corrected chi connectivity index (χ2v) is 9.82. The molecular formula is C25H32N6S. The first-order chi connectivity index (χ1) is 15.7. The Morgan fingerprint density at radius 3 is 2.91 bits per heavy atom. The summed E-state index contributed by atoms with van der Waals surface area (Å²) >= 11 is 1.90. The Balaban J connectivity index is 1.27. The Labute approximate surface area is 194 Å². The molecule has 0 spiro atoms. The third-order valence-electron chi connectivity index (χ3n) is 6.81. The molecule has 2 aliphatic heterocycles. The van der Waals surface area contributed by atoms with E-state index in [0.717, 1.165) is 51.5 Å². The standard InChI is InChI=1S/C25H32N6S/c1-26-25(31-11-8-20(17-31)22-14-28-29(2)16-22)27-15-23(19-6-4-3-5-7-19)30-12-9-24-21(18-30)10-13-32-24/h3-7,10,13-14,16,20,23H,8-9,11-12,15,17-18H2,1-2H3,(H,26,27). The summed E-state index contributed by atoms with van der Waals surface area (Å²) in [7, 11) is 3.88. The number of nitrogens with one attached hydrogen (secondary N) is 1. The van der Waals surface area contributed by atoms with Crippen LogP contribution in [-0.4, -0.2) is 58.8 Å². The Bertz CT molecular complexity index is 1060. The third-order valence-corrected chi connectivity index (χ3v) is 7.83. The van der Waals surface area contributed by atoms with E-state index in [1.54, 1.807) is 4.88 Å². The number of aryl methyl sites for hydroxylation is 1. The maximum absolute atomic E-state index is 4.64. The first kappa shape index (κ1) is 21.2. The van der Waals surface area contributed by atoms with Crippen molar-refractivity contribution in [3.8, 4) is 0 Å². The summed E-state index contributed by atoms with van der Waals surface area (Å²) in [5.41, 5.74) is 4.18. The zero-order chi connectivity index (χ0) is 21.9. The predicted octanol–water partition coefficient (Wildman–Crippen LogP) is 3.65. The molecule has 0 saturated carbocycles. The van der Waals surface area contributed by atoms with Gasteiger partial charge in [-0.1, -0.05) is 30.3 Å². The fourth-order valence-electron chi connectivity index (χ4n) is 5.07. The third kappa shape index (κ3) is 4.45. The van der Waals surface area contributed by atoms with Gasteiger partial charge in [0, 0.05) is 63.8 Å². The zero-order valence-electron chi connectivity index (χ0n) is 18.9. The summed E-state index contributed by atoms with van der Waals surface area (Å²) in [6, 6.07) is 13.5. The summed E-state index contributed by atoms with van der Waals surface area (Å²) in [4.78, 5) is 11.2. The molecule has 0 aliphatic carbocycles. The summed E-state index contributed by atoms with van der Waals surface area (Å²) in [5, 5.41) is 10.3. The van der Waals surface area contributed by atoms with Crippen molar-refractivity contribution in [1.82, 2.24) is 24.9 Å². The summed E-state index contributed by atoms with van der Waals surface area (Å²) in [6.45, 7) is 4.98. The molecule has 0 radical (unpaired) electrons. The smallest absolute Gasteiger partial charge is 0.193 e. The fourth-order valence-corrected chi connectivity index (χ4v) is 5.95. The van der Waals surface area contributed by atoms with Gasteiger partial charge in [-0.2, -0.15) is 5.10 Å². The van der Waals surface area contributed by atoms with Gasteiger partial charge in [-0.15, -0.1) is 11.3 Å². The summed E-state index contributed by atoms with van der Waals surface area (Å²) in [5.74, 6) is 1.52. The van der Waals surface area contributed by atoms with E-state index < -0.39 is 0 Å². The minimum Gasteiger partial charge on any atom is -0.354 e. The minimum absolute atomic E-state index is 0.317. The van der Waals surface area contributed by atoms with E-state index in [1.807, 2.05) is 36.3 Å². The van der Waals surface area contributed by atoms with Crippen LogP contribution in [0.15, 0.2) is 59.2 Å². The van der Waals surface area contributed by atoms with E-state index in [1.165, 1.54) is 16.7 Å². The summed E-state index contributed by atoms with van der Waals surface area (Å²) < 4.78 is 1.90. The molecule has 7 heteroatoms. The lowest BCUT2D eigenvalue weighted by Crippen LogP contribution is -2.45. The van der Waals surface area contributed by atoms with Crippen molar-refractivity contribution in [1.29, 1.82) is 0 Å². The second kappa shape index (κ2) is 9.46. The van der Waals surface area contributed by atoms with Crippen LogP contribution in [0.1, 0.15) is 39.9 Å². The molecule has 2 atom stereocenters. The number of aromatic nitrogens is 2. The molecule has 168 valence electrons. The van der Waals surface area contributed by atoms with Gasteiger partial charge in [0.2, 0.25) is 0 Å². The highest BCUT2D eigenvalue weighted by Crippen LogP contribution is 2.31. The molecule has 2 aromatic heterocycles. The van der Waals surface area contributed by atoms with Crippen molar-refractivity contribution >= 4 is 17.3 Å². The van der Waals surface area contributed by atoms with Crippen LogP contribution in [0.2, 0.25) is 0 Å².